The minimum absolute atomic E-state index is 0.0983. The summed E-state index contributed by atoms with van der Waals surface area (Å²) in [4.78, 5) is 11.8. The normalized spacial score (nSPS) is 11.9. The highest BCUT2D eigenvalue weighted by Crippen LogP contribution is 2.09. The summed E-state index contributed by atoms with van der Waals surface area (Å²) in [5.41, 5.74) is 2.98. The van der Waals surface area contributed by atoms with Gasteiger partial charge in [-0.15, -0.1) is 0 Å². The summed E-state index contributed by atoms with van der Waals surface area (Å²) in [6, 6.07) is 17.3. The van der Waals surface area contributed by atoms with Crippen molar-refractivity contribution in [2.75, 3.05) is 11.1 Å². The van der Waals surface area contributed by atoms with Crippen LogP contribution in [0, 0.1) is 6.92 Å². The van der Waals surface area contributed by atoms with Gasteiger partial charge in [-0.05, 0) is 24.6 Å². The quantitative estimate of drug-likeness (QED) is 0.890. The molecule has 0 fully saturated rings. The molecule has 2 aromatic rings. The minimum atomic E-state index is -1.02. The summed E-state index contributed by atoms with van der Waals surface area (Å²) < 4.78 is 12.0. The van der Waals surface area contributed by atoms with Crippen LogP contribution >= 0.6 is 0 Å². The van der Waals surface area contributed by atoms with Crippen molar-refractivity contribution in [2.45, 2.75) is 19.1 Å². The molecule has 3 nitrogen and oxygen atoms in total. The molecule has 0 aliphatic carbocycles. The van der Waals surface area contributed by atoms with Gasteiger partial charge in [-0.1, -0.05) is 48.0 Å². The van der Waals surface area contributed by atoms with Crippen molar-refractivity contribution in [1.29, 1.82) is 0 Å². The zero-order valence-electron chi connectivity index (χ0n) is 12.0. The van der Waals surface area contributed by atoms with E-state index < -0.39 is 10.8 Å². The van der Waals surface area contributed by atoms with Gasteiger partial charge in [0.25, 0.3) is 0 Å². The molecule has 0 aromatic heterocycles. The fourth-order valence-electron chi connectivity index (χ4n) is 2.01. The van der Waals surface area contributed by atoms with Gasteiger partial charge in [0, 0.05) is 34.4 Å². The van der Waals surface area contributed by atoms with E-state index in [4.69, 9.17) is 0 Å². The van der Waals surface area contributed by atoms with Crippen molar-refractivity contribution in [2.24, 2.45) is 0 Å². The van der Waals surface area contributed by atoms with E-state index in [1.165, 1.54) is 0 Å². The Labute approximate surface area is 127 Å². The molecule has 0 aliphatic rings. The minimum Gasteiger partial charge on any atom is -0.326 e. The highest BCUT2D eigenvalue weighted by Gasteiger charge is 2.07. The van der Waals surface area contributed by atoms with E-state index in [2.05, 4.69) is 5.32 Å². The van der Waals surface area contributed by atoms with Gasteiger partial charge in [-0.2, -0.15) is 0 Å². The molecule has 0 heterocycles. The van der Waals surface area contributed by atoms with Crippen molar-refractivity contribution in [3.63, 3.8) is 0 Å². The van der Waals surface area contributed by atoms with Crippen molar-refractivity contribution in [3.8, 4) is 0 Å². The average molecular weight is 301 g/mol. The number of hydrogen-bond donors (Lipinski definition) is 1. The van der Waals surface area contributed by atoms with Crippen molar-refractivity contribution >= 4 is 22.4 Å². The number of aryl methyl sites for hydroxylation is 1. The van der Waals surface area contributed by atoms with Crippen LogP contribution in [0.25, 0.3) is 0 Å². The first-order chi connectivity index (χ1) is 10.1. The number of hydrogen-bond acceptors (Lipinski definition) is 2. The first-order valence-corrected chi connectivity index (χ1v) is 8.38. The summed E-state index contributed by atoms with van der Waals surface area (Å²) in [5.74, 6) is 0.784. The van der Waals surface area contributed by atoms with Crippen LogP contribution in [-0.2, 0) is 21.3 Å². The summed E-state index contributed by atoms with van der Waals surface area (Å²) in [5, 5.41) is 2.80. The lowest BCUT2D eigenvalue weighted by Gasteiger charge is -2.06. The molecule has 0 spiro atoms. The zero-order valence-corrected chi connectivity index (χ0v) is 12.9. The lowest BCUT2D eigenvalue weighted by atomic mass is 10.2. The molecule has 1 amide bonds. The Morgan fingerprint density at radius 2 is 1.86 bits per heavy atom. The Bertz CT molecular complexity index is 626. The largest absolute Gasteiger partial charge is 0.326 e. The molecule has 21 heavy (non-hydrogen) atoms. The molecule has 0 radical (unpaired) electrons. The maximum atomic E-state index is 12.0. The SMILES string of the molecule is Cc1cccc(CS(=O)CCC(=O)Nc2ccccc2)c1. The molecule has 0 bridgehead atoms. The molecule has 0 saturated carbocycles. The summed E-state index contributed by atoms with van der Waals surface area (Å²) in [7, 11) is -1.02. The second kappa shape index (κ2) is 7.74. The Morgan fingerprint density at radius 1 is 1.10 bits per heavy atom. The molecule has 110 valence electrons. The van der Waals surface area contributed by atoms with E-state index in [-0.39, 0.29) is 12.3 Å². The number of para-hydroxylation sites is 1. The van der Waals surface area contributed by atoms with Crippen LogP contribution in [-0.4, -0.2) is 15.9 Å². The van der Waals surface area contributed by atoms with Crippen LogP contribution in [0.2, 0.25) is 0 Å². The molecule has 1 N–H and O–H groups in total. The molecule has 1 unspecified atom stereocenters. The Morgan fingerprint density at radius 3 is 2.57 bits per heavy atom. The number of amides is 1. The van der Waals surface area contributed by atoms with Crippen molar-refractivity contribution in [3.05, 3.63) is 65.7 Å². The fraction of sp³-hybridized carbons (Fsp3) is 0.235. The lowest BCUT2D eigenvalue weighted by Crippen LogP contribution is -2.15. The lowest BCUT2D eigenvalue weighted by molar-refractivity contribution is -0.115. The predicted octanol–water partition coefficient (Wildman–Crippen LogP) is 3.27. The van der Waals surface area contributed by atoms with E-state index in [0.717, 1.165) is 16.8 Å². The number of carbonyl (C=O) groups is 1. The topological polar surface area (TPSA) is 46.2 Å². The standard InChI is InChI=1S/C17H19NO2S/c1-14-6-5-7-15(12-14)13-21(20)11-10-17(19)18-16-8-3-2-4-9-16/h2-9,12H,10-11,13H2,1H3,(H,18,19). The molecular formula is C17H19NO2S. The Balaban J connectivity index is 1.77. The number of anilines is 1. The number of nitrogens with one attached hydrogen (secondary N) is 1. The van der Waals surface area contributed by atoms with Crippen molar-refractivity contribution < 1.29 is 9.00 Å². The monoisotopic (exact) mass is 301 g/mol. The smallest absolute Gasteiger partial charge is 0.225 e. The fourth-order valence-corrected chi connectivity index (χ4v) is 3.12. The van der Waals surface area contributed by atoms with Gasteiger partial charge in [0.05, 0.1) is 0 Å². The van der Waals surface area contributed by atoms with Crippen LogP contribution in [0.1, 0.15) is 17.5 Å². The number of carbonyl (C=O) groups excluding carboxylic acids is 1. The second-order valence-electron chi connectivity index (χ2n) is 4.94. The van der Waals surface area contributed by atoms with E-state index in [1.807, 2.05) is 61.5 Å². The first kappa shape index (κ1) is 15.4. The van der Waals surface area contributed by atoms with Gasteiger partial charge in [-0.3, -0.25) is 9.00 Å². The molecule has 2 rings (SSSR count). The van der Waals surface area contributed by atoms with Crippen LogP contribution in [0.4, 0.5) is 5.69 Å². The third kappa shape index (κ3) is 5.52. The molecule has 0 aliphatic heterocycles. The van der Waals surface area contributed by atoms with E-state index in [1.54, 1.807) is 0 Å². The second-order valence-corrected chi connectivity index (χ2v) is 6.52. The predicted molar refractivity (Wildman–Crippen MR) is 87.6 cm³/mol. The van der Waals surface area contributed by atoms with Crippen LogP contribution in [0.15, 0.2) is 54.6 Å². The molecule has 0 saturated heterocycles. The van der Waals surface area contributed by atoms with Crippen LogP contribution in [0.3, 0.4) is 0 Å². The third-order valence-corrected chi connectivity index (χ3v) is 4.34. The van der Waals surface area contributed by atoms with Crippen LogP contribution in [0.5, 0.6) is 0 Å². The molecule has 4 heteroatoms. The highest BCUT2D eigenvalue weighted by atomic mass is 32.2. The first-order valence-electron chi connectivity index (χ1n) is 6.89. The Hall–Kier alpha value is -1.94. The van der Waals surface area contributed by atoms with Gasteiger partial charge in [-0.25, -0.2) is 0 Å². The van der Waals surface area contributed by atoms with Gasteiger partial charge in [0.1, 0.15) is 0 Å². The summed E-state index contributed by atoms with van der Waals surface area (Å²) in [6.45, 7) is 2.01. The van der Waals surface area contributed by atoms with Crippen molar-refractivity contribution in [1.82, 2.24) is 0 Å². The molecule has 1 atom stereocenters. The Kier molecular flexibility index (Phi) is 5.69. The van der Waals surface area contributed by atoms with E-state index in [0.29, 0.717) is 11.5 Å². The third-order valence-electron chi connectivity index (χ3n) is 3.02. The number of benzene rings is 2. The maximum Gasteiger partial charge on any atom is 0.225 e. The van der Waals surface area contributed by atoms with E-state index >= 15 is 0 Å². The molecule has 2 aromatic carbocycles. The van der Waals surface area contributed by atoms with Gasteiger partial charge < -0.3 is 5.32 Å². The van der Waals surface area contributed by atoms with Crippen LogP contribution < -0.4 is 5.32 Å². The highest BCUT2D eigenvalue weighted by molar-refractivity contribution is 7.84. The average Bonchev–Trinajstić information content (AvgIpc) is 2.46. The number of rotatable bonds is 6. The van der Waals surface area contributed by atoms with Gasteiger partial charge in [0.2, 0.25) is 5.91 Å². The summed E-state index contributed by atoms with van der Waals surface area (Å²) in [6.07, 6.45) is 0.271. The van der Waals surface area contributed by atoms with E-state index in [9.17, 15) is 9.00 Å². The van der Waals surface area contributed by atoms with Gasteiger partial charge in [0.15, 0.2) is 0 Å². The summed E-state index contributed by atoms with van der Waals surface area (Å²) >= 11 is 0. The zero-order chi connectivity index (χ0) is 15.1. The van der Waals surface area contributed by atoms with Gasteiger partial charge >= 0.3 is 0 Å². The maximum absolute atomic E-state index is 12.0. The molecular weight excluding hydrogens is 282 g/mol.